The van der Waals surface area contributed by atoms with Crippen molar-refractivity contribution >= 4 is 17.0 Å². The minimum atomic E-state index is 0.713. The van der Waals surface area contributed by atoms with Crippen molar-refractivity contribution < 1.29 is 0 Å². The maximum Gasteiger partial charge on any atom is 0.183 e. The van der Waals surface area contributed by atoms with Crippen molar-refractivity contribution in [3.63, 3.8) is 0 Å². The summed E-state index contributed by atoms with van der Waals surface area (Å²) in [5.41, 5.74) is 1.61. The highest BCUT2D eigenvalue weighted by Crippen LogP contribution is 2.25. The molecule has 1 aliphatic rings. The molecule has 1 saturated heterocycles. The van der Waals surface area contributed by atoms with Gasteiger partial charge in [0.25, 0.3) is 0 Å². The molecule has 0 aromatic carbocycles. The maximum absolute atomic E-state index is 4.38. The number of rotatable bonds is 1. The van der Waals surface area contributed by atoms with Gasteiger partial charge in [-0.25, -0.2) is 14.6 Å². The second-order valence-corrected chi connectivity index (χ2v) is 4.78. The normalized spacial score (nSPS) is 21.1. The molecule has 3 rings (SSSR count). The number of nitrogens with zero attached hydrogens (tertiary/aromatic N) is 6. The smallest absolute Gasteiger partial charge is 0.183 e. The molecule has 1 fully saturated rings. The van der Waals surface area contributed by atoms with E-state index in [1.165, 1.54) is 12.8 Å². The van der Waals surface area contributed by atoms with Crippen LogP contribution in [0.2, 0.25) is 0 Å². The molecule has 3 heterocycles. The van der Waals surface area contributed by atoms with E-state index in [-0.39, 0.29) is 0 Å². The predicted molar refractivity (Wildman–Crippen MR) is 64.7 cm³/mol. The van der Waals surface area contributed by atoms with Gasteiger partial charge in [0.2, 0.25) is 0 Å². The van der Waals surface area contributed by atoms with E-state index in [1.54, 1.807) is 11.0 Å². The van der Waals surface area contributed by atoms with Crippen LogP contribution in [-0.4, -0.2) is 38.1 Å². The van der Waals surface area contributed by atoms with Crippen LogP contribution in [0.1, 0.15) is 19.8 Å². The minimum absolute atomic E-state index is 0.713. The lowest BCUT2D eigenvalue weighted by atomic mass is 10.0. The molecule has 1 atom stereocenters. The van der Waals surface area contributed by atoms with Crippen LogP contribution in [0.3, 0.4) is 0 Å². The number of anilines is 1. The minimum Gasteiger partial charge on any atom is -0.354 e. The van der Waals surface area contributed by atoms with Gasteiger partial charge in [-0.1, -0.05) is 12.1 Å². The molecular weight excluding hydrogens is 216 g/mol. The predicted octanol–water partition coefficient (Wildman–Crippen LogP) is 0.995. The second-order valence-electron chi connectivity index (χ2n) is 4.78. The summed E-state index contributed by atoms with van der Waals surface area (Å²) in [7, 11) is 1.85. The summed E-state index contributed by atoms with van der Waals surface area (Å²) in [5.74, 6) is 1.64. The molecule has 2 aromatic heterocycles. The fourth-order valence-electron chi connectivity index (χ4n) is 2.45. The molecule has 6 nitrogen and oxygen atoms in total. The van der Waals surface area contributed by atoms with Crippen molar-refractivity contribution in [1.29, 1.82) is 0 Å². The molecule has 0 radical (unpaired) electrons. The third-order valence-electron chi connectivity index (χ3n) is 3.33. The quantitative estimate of drug-likeness (QED) is 0.734. The number of piperidine rings is 1. The van der Waals surface area contributed by atoms with E-state index in [0.717, 1.165) is 30.1 Å². The van der Waals surface area contributed by atoms with Crippen LogP contribution >= 0.6 is 0 Å². The van der Waals surface area contributed by atoms with Crippen LogP contribution < -0.4 is 4.90 Å². The fraction of sp³-hybridized carbons (Fsp3) is 0.636. The first kappa shape index (κ1) is 10.4. The van der Waals surface area contributed by atoms with Gasteiger partial charge in [-0.2, -0.15) is 0 Å². The van der Waals surface area contributed by atoms with Gasteiger partial charge in [-0.3, -0.25) is 0 Å². The van der Waals surface area contributed by atoms with Crippen LogP contribution in [0.5, 0.6) is 0 Å². The summed E-state index contributed by atoms with van der Waals surface area (Å²) in [5, 5.41) is 8.17. The maximum atomic E-state index is 4.38. The Hall–Kier alpha value is -1.72. The zero-order valence-electron chi connectivity index (χ0n) is 10.2. The van der Waals surface area contributed by atoms with Gasteiger partial charge in [0.05, 0.1) is 0 Å². The fourth-order valence-corrected chi connectivity index (χ4v) is 2.45. The van der Waals surface area contributed by atoms with Crippen LogP contribution in [0.15, 0.2) is 6.33 Å². The Kier molecular flexibility index (Phi) is 2.42. The summed E-state index contributed by atoms with van der Waals surface area (Å²) in [6.07, 6.45) is 4.11. The van der Waals surface area contributed by atoms with E-state index < -0.39 is 0 Å². The van der Waals surface area contributed by atoms with Crippen molar-refractivity contribution in [3.05, 3.63) is 6.33 Å². The third kappa shape index (κ3) is 1.73. The molecule has 0 bridgehead atoms. The Morgan fingerprint density at radius 3 is 3.06 bits per heavy atom. The van der Waals surface area contributed by atoms with E-state index in [9.17, 15) is 0 Å². The lowest BCUT2D eigenvalue weighted by Gasteiger charge is -2.31. The van der Waals surface area contributed by atoms with E-state index >= 15 is 0 Å². The summed E-state index contributed by atoms with van der Waals surface area (Å²) < 4.78 is 1.69. The summed E-state index contributed by atoms with van der Waals surface area (Å²) >= 11 is 0. The Morgan fingerprint density at radius 1 is 1.35 bits per heavy atom. The lowest BCUT2D eigenvalue weighted by Crippen LogP contribution is -2.35. The van der Waals surface area contributed by atoms with Gasteiger partial charge >= 0.3 is 0 Å². The Morgan fingerprint density at radius 2 is 2.24 bits per heavy atom. The molecule has 0 spiro atoms. The van der Waals surface area contributed by atoms with Gasteiger partial charge in [0.1, 0.15) is 6.33 Å². The molecular formula is C11H16N6. The zero-order chi connectivity index (χ0) is 11.8. The lowest BCUT2D eigenvalue weighted by molar-refractivity contribution is 0.445. The second kappa shape index (κ2) is 3.94. The van der Waals surface area contributed by atoms with Crippen LogP contribution in [0.25, 0.3) is 11.2 Å². The van der Waals surface area contributed by atoms with Gasteiger partial charge in [0.15, 0.2) is 17.0 Å². The highest BCUT2D eigenvalue weighted by molar-refractivity contribution is 5.82. The van der Waals surface area contributed by atoms with Gasteiger partial charge < -0.3 is 4.90 Å². The molecule has 1 aliphatic heterocycles. The number of aromatic nitrogens is 5. The van der Waals surface area contributed by atoms with Crippen LogP contribution in [-0.2, 0) is 7.05 Å². The SMILES string of the molecule is CC1CCCN(c2ncnc3c2nnn3C)C1. The van der Waals surface area contributed by atoms with Crippen molar-refractivity contribution in [3.8, 4) is 0 Å². The number of fused-ring (bicyclic) bond motifs is 1. The standard InChI is InChI=1S/C11H16N6/c1-8-4-3-5-17(6-8)11-9-10(12-7-13-11)16(2)15-14-9/h7-8H,3-6H2,1-2H3. The molecule has 6 heteroatoms. The van der Waals surface area contributed by atoms with E-state index in [2.05, 4.69) is 32.1 Å². The van der Waals surface area contributed by atoms with Crippen molar-refractivity contribution in [1.82, 2.24) is 25.0 Å². The summed E-state index contributed by atoms with van der Waals surface area (Å²) in [4.78, 5) is 10.9. The number of hydrogen-bond acceptors (Lipinski definition) is 5. The highest BCUT2D eigenvalue weighted by atomic mass is 15.4. The van der Waals surface area contributed by atoms with Gasteiger partial charge in [0, 0.05) is 20.1 Å². The first-order valence-corrected chi connectivity index (χ1v) is 6.01. The Balaban J connectivity index is 2.04. The molecule has 90 valence electrons. The average molecular weight is 232 g/mol. The number of aryl methyl sites for hydroxylation is 1. The molecule has 17 heavy (non-hydrogen) atoms. The monoisotopic (exact) mass is 232 g/mol. The van der Waals surface area contributed by atoms with Crippen LogP contribution in [0, 0.1) is 5.92 Å². The molecule has 0 amide bonds. The molecule has 2 aromatic rings. The zero-order valence-corrected chi connectivity index (χ0v) is 10.2. The van der Waals surface area contributed by atoms with Gasteiger partial charge in [-0.15, -0.1) is 5.10 Å². The highest BCUT2D eigenvalue weighted by Gasteiger charge is 2.21. The van der Waals surface area contributed by atoms with Crippen LogP contribution in [0.4, 0.5) is 5.82 Å². The Bertz CT molecular complexity index is 534. The third-order valence-corrected chi connectivity index (χ3v) is 3.33. The molecule has 0 saturated carbocycles. The van der Waals surface area contributed by atoms with E-state index in [0.29, 0.717) is 5.92 Å². The largest absolute Gasteiger partial charge is 0.354 e. The molecule has 1 unspecified atom stereocenters. The summed E-state index contributed by atoms with van der Waals surface area (Å²) in [6, 6.07) is 0. The van der Waals surface area contributed by atoms with E-state index in [1.807, 2.05) is 7.05 Å². The van der Waals surface area contributed by atoms with Crippen molar-refractivity contribution in [2.45, 2.75) is 19.8 Å². The van der Waals surface area contributed by atoms with Crippen molar-refractivity contribution in [2.24, 2.45) is 13.0 Å². The number of hydrogen-bond donors (Lipinski definition) is 0. The first-order valence-electron chi connectivity index (χ1n) is 6.01. The first-order chi connectivity index (χ1) is 8.25. The topological polar surface area (TPSA) is 59.7 Å². The molecule has 0 N–H and O–H groups in total. The van der Waals surface area contributed by atoms with E-state index in [4.69, 9.17) is 0 Å². The Labute approximate surface area is 99.7 Å². The average Bonchev–Trinajstić information content (AvgIpc) is 2.71. The molecule has 0 aliphatic carbocycles. The van der Waals surface area contributed by atoms with Crippen molar-refractivity contribution in [2.75, 3.05) is 18.0 Å². The summed E-state index contributed by atoms with van der Waals surface area (Å²) in [6.45, 7) is 4.37. The van der Waals surface area contributed by atoms with Gasteiger partial charge in [-0.05, 0) is 18.8 Å².